The van der Waals surface area contributed by atoms with Gasteiger partial charge in [0.15, 0.2) is 0 Å². The molecule has 0 fully saturated rings. The van der Waals surface area contributed by atoms with Crippen LogP contribution in [0.25, 0.3) is 5.57 Å². The Balaban J connectivity index is 2.92. The topological polar surface area (TPSA) is 9.23 Å². The second-order valence-corrected chi connectivity index (χ2v) is 4.76. The zero-order chi connectivity index (χ0) is 15.7. The first-order valence-corrected chi connectivity index (χ1v) is 7.24. The summed E-state index contributed by atoms with van der Waals surface area (Å²) in [6, 6.07) is 7.85. The predicted molar refractivity (Wildman–Crippen MR) is 93.4 cm³/mol. The highest BCUT2D eigenvalue weighted by Gasteiger charge is 2.04. The molecule has 0 aliphatic carbocycles. The van der Waals surface area contributed by atoms with E-state index in [-0.39, 0.29) is 0 Å². The summed E-state index contributed by atoms with van der Waals surface area (Å²) in [5.74, 6) is 1.65. The molecule has 2 heteroatoms. The first-order valence-electron chi connectivity index (χ1n) is 6.80. The Kier molecular flexibility index (Phi) is 7.34. The van der Waals surface area contributed by atoms with Crippen LogP contribution in [0.1, 0.15) is 26.3 Å². The summed E-state index contributed by atoms with van der Waals surface area (Å²) < 4.78 is 5.72. The molecular formula is C19H21ClO. The summed E-state index contributed by atoms with van der Waals surface area (Å²) in [7, 11) is 0. The van der Waals surface area contributed by atoms with Crippen molar-refractivity contribution in [3.05, 3.63) is 83.7 Å². The van der Waals surface area contributed by atoms with E-state index in [2.05, 4.69) is 6.58 Å². The average Bonchev–Trinajstić information content (AvgIpc) is 2.48. The second-order valence-electron chi connectivity index (χ2n) is 4.54. The number of allylic oxidation sites excluding steroid dienone is 8. The van der Waals surface area contributed by atoms with Crippen LogP contribution in [0.4, 0.5) is 0 Å². The van der Waals surface area contributed by atoms with Gasteiger partial charge in [0.1, 0.15) is 11.5 Å². The number of rotatable bonds is 6. The third-order valence-electron chi connectivity index (χ3n) is 2.87. The molecule has 0 saturated heterocycles. The van der Waals surface area contributed by atoms with Gasteiger partial charge in [0.2, 0.25) is 0 Å². The summed E-state index contributed by atoms with van der Waals surface area (Å²) in [5, 5.41) is 0. The minimum Gasteiger partial charge on any atom is -0.462 e. The zero-order valence-corrected chi connectivity index (χ0v) is 13.5. The van der Waals surface area contributed by atoms with Crippen molar-refractivity contribution in [3.8, 4) is 5.75 Å². The summed E-state index contributed by atoms with van der Waals surface area (Å²) in [4.78, 5) is 0. The fourth-order valence-corrected chi connectivity index (χ4v) is 2.10. The molecule has 0 saturated carbocycles. The standard InChI is InChI=1S/C19H21ClO/c1-5-7-9-16(4)21-18-12-10-17(11-13-18)19(14-20)15(3)8-6-2/h5-14H,2H2,1,3-4H3/b7-5-,15-8-,16-9+,19-14-. The first kappa shape index (κ1) is 17.1. The molecule has 1 rings (SSSR count). The number of ether oxygens (including phenoxy) is 1. The Morgan fingerprint density at radius 2 is 1.81 bits per heavy atom. The molecule has 0 N–H and O–H groups in total. The number of halogens is 1. The number of hydrogen-bond donors (Lipinski definition) is 0. The Morgan fingerprint density at radius 3 is 2.33 bits per heavy atom. The summed E-state index contributed by atoms with van der Waals surface area (Å²) in [5.41, 5.74) is 4.67. The molecule has 0 amide bonds. The van der Waals surface area contributed by atoms with Crippen LogP contribution in [0.5, 0.6) is 5.75 Å². The molecule has 1 nitrogen and oxygen atoms in total. The van der Waals surface area contributed by atoms with Crippen molar-refractivity contribution in [2.45, 2.75) is 20.8 Å². The molecule has 0 aliphatic rings. The Bertz CT molecular complexity index is 586. The largest absolute Gasteiger partial charge is 0.462 e. The second kappa shape index (κ2) is 9.04. The third-order valence-corrected chi connectivity index (χ3v) is 3.09. The molecule has 0 unspecified atom stereocenters. The molecule has 0 heterocycles. The van der Waals surface area contributed by atoms with E-state index in [1.54, 1.807) is 11.6 Å². The van der Waals surface area contributed by atoms with E-state index < -0.39 is 0 Å². The van der Waals surface area contributed by atoms with Crippen LogP contribution in [0.3, 0.4) is 0 Å². The van der Waals surface area contributed by atoms with Gasteiger partial charge in [-0.2, -0.15) is 0 Å². The average molecular weight is 301 g/mol. The van der Waals surface area contributed by atoms with E-state index in [0.717, 1.165) is 28.2 Å². The minimum atomic E-state index is 0.802. The molecule has 0 spiro atoms. The lowest BCUT2D eigenvalue weighted by Crippen LogP contribution is -1.91. The van der Waals surface area contributed by atoms with Crippen LogP contribution in [-0.2, 0) is 0 Å². The summed E-state index contributed by atoms with van der Waals surface area (Å²) >= 11 is 5.93. The normalized spacial score (nSPS) is 13.6. The van der Waals surface area contributed by atoms with Crippen LogP contribution < -0.4 is 4.74 Å². The Hall–Kier alpha value is -1.99. The maximum Gasteiger partial charge on any atom is 0.126 e. The quantitative estimate of drug-likeness (QED) is 0.445. The van der Waals surface area contributed by atoms with Gasteiger partial charge >= 0.3 is 0 Å². The lowest BCUT2D eigenvalue weighted by Gasteiger charge is -2.09. The lowest BCUT2D eigenvalue weighted by atomic mass is 10.0. The van der Waals surface area contributed by atoms with E-state index >= 15 is 0 Å². The van der Waals surface area contributed by atoms with E-state index in [1.165, 1.54) is 0 Å². The molecule has 0 radical (unpaired) electrons. The smallest absolute Gasteiger partial charge is 0.126 e. The number of benzene rings is 1. The molecule has 110 valence electrons. The van der Waals surface area contributed by atoms with Crippen molar-refractivity contribution in [3.63, 3.8) is 0 Å². The van der Waals surface area contributed by atoms with Crippen LogP contribution in [0.15, 0.2) is 78.1 Å². The van der Waals surface area contributed by atoms with Crippen molar-refractivity contribution >= 4 is 17.2 Å². The molecule has 1 aromatic carbocycles. The van der Waals surface area contributed by atoms with E-state index in [0.29, 0.717) is 0 Å². The van der Waals surface area contributed by atoms with Crippen LogP contribution in [-0.4, -0.2) is 0 Å². The van der Waals surface area contributed by atoms with Crippen LogP contribution in [0.2, 0.25) is 0 Å². The predicted octanol–water partition coefficient (Wildman–Crippen LogP) is 6.26. The van der Waals surface area contributed by atoms with Gasteiger partial charge in [-0.05, 0) is 55.7 Å². The van der Waals surface area contributed by atoms with E-state index in [9.17, 15) is 0 Å². The van der Waals surface area contributed by atoms with Gasteiger partial charge in [-0.15, -0.1) is 0 Å². The van der Waals surface area contributed by atoms with Gasteiger partial charge in [0, 0.05) is 5.54 Å². The van der Waals surface area contributed by atoms with Gasteiger partial charge in [0.25, 0.3) is 0 Å². The first-order chi connectivity index (χ1) is 10.1. The van der Waals surface area contributed by atoms with Gasteiger partial charge in [0.05, 0.1) is 0 Å². The van der Waals surface area contributed by atoms with E-state index in [4.69, 9.17) is 16.3 Å². The van der Waals surface area contributed by atoms with Gasteiger partial charge in [-0.25, -0.2) is 0 Å². The SMILES string of the molecule is C=C/C=C(C)\C(=C\Cl)c1ccc(O/C(C)=C/C=C\C)cc1. The van der Waals surface area contributed by atoms with E-state index in [1.807, 2.05) is 69.3 Å². The van der Waals surface area contributed by atoms with Gasteiger partial charge in [-0.3, -0.25) is 0 Å². The van der Waals surface area contributed by atoms with Crippen molar-refractivity contribution in [2.75, 3.05) is 0 Å². The lowest BCUT2D eigenvalue weighted by molar-refractivity contribution is 0.428. The molecule has 1 aromatic rings. The zero-order valence-electron chi connectivity index (χ0n) is 12.8. The monoisotopic (exact) mass is 300 g/mol. The highest BCUT2D eigenvalue weighted by atomic mass is 35.5. The minimum absolute atomic E-state index is 0.802. The fraction of sp³-hybridized carbons (Fsp3) is 0.158. The molecule has 0 aliphatic heterocycles. The number of hydrogen-bond acceptors (Lipinski definition) is 1. The molecular weight excluding hydrogens is 280 g/mol. The third kappa shape index (κ3) is 5.49. The van der Waals surface area contributed by atoms with Crippen LogP contribution >= 0.6 is 11.6 Å². The summed E-state index contributed by atoms with van der Waals surface area (Å²) in [6.45, 7) is 9.60. The maximum atomic E-state index is 5.93. The highest BCUT2D eigenvalue weighted by molar-refractivity contribution is 6.29. The molecule has 21 heavy (non-hydrogen) atoms. The molecule has 0 atom stereocenters. The maximum absolute atomic E-state index is 5.93. The summed E-state index contributed by atoms with van der Waals surface area (Å²) in [6.07, 6.45) is 9.52. The van der Waals surface area contributed by atoms with Crippen molar-refractivity contribution in [1.29, 1.82) is 0 Å². The van der Waals surface area contributed by atoms with Crippen molar-refractivity contribution in [1.82, 2.24) is 0 Å². The Labute approximate surface area is 132 Å². The molecule has 0 bridgehead atoms. The van der Waals surface area contributed by atoms with Crippen LogP contribution in [0, 0.1) is 0 Å². The Morgan fingerprint density at radius 1 is 1.14 bits per heavy atom. The van der Waals surface area contributed by atoms with Gasteiger partial charge in [-0.1, -0.05) is 54.6 Å². The molecule has 0 aromatic heterocycles. The van der Waals surface area contributed by atoms with Crippen molar-refractivity contribution < 1.29 is 4.74 Å². The highest BCUT2D eigenvalue weighted by Crippen LogP contribution is 2.26. The van der Waals surface area contributed by atoms with Gasteiger partial charge < -0.3 is 4.74 Å². The fourth-order valence-electron chi connectivity index (χ4n) is 1.80. The van der Waals surface area contributed by atoms with Crippen molar-refractivity contribution in [2.24, 2.45) is 0 Å².